The Labute approximate surface area is 570 Å². The van der Waals surface area contributed by atoms with Crippen LogP contribution in [-0.2, 0) is 65.2 Å². The molecule has 0 saturated carbocycles. The molecule has 1 unspecified atom stereocenters. The summed E-state index contributed by atoms with van der Waals surface area (Å²) in [5.41, 5.74) is 5.15. The molecule has 11 N–H and O–H groups in total. The van der Waals surface area contributed by atoms with Crippen LogP contribution in [0.3, 0.4) is 0 Å². The van der Waals surface area contributed by atoms with Gasteiger partial charge in [-0.25, -0.2) is 14.5 Å². The molecule has 3 heterocycles. The minimum absolute atomic E-state index is 0.0135. The zero-order chi connectivity index (χ0) is 70.4. The molecule has 7 rings (SSSR count). The van der Waals surface area contributed by atoms with E-state index in [1.807, 2.05) is 71.9 Å². The predicted molar refractivity (Wildman–Crippen MR) is 361 cm³/mol. The molecule has 0 bridgehead atoms. The van der Waals surface area contributed by atoms with Crippen LogP contribution in [0.15, 0.2) is 83.4 Å². The first kappa shape index (κ1) is 77.5. The molecule has 3 aliphatic rings. The van der Waals surface area contributed by atoms with Gasteiger partial charge in [0, 0.05) is 83.2 Å². The van der Waals surface area contributed by atoms with E-state index < -0.39 is 60.1 Å². The molecule has 98 heavy (non-hydrogen) atoms. The van der Waals surface area contributed by atoms with Crippen molar-refractivity contribution >= 4 is 51.9 Å². The van der Waals surface area contributed by atoms with Gasteiger partial charge in [-0.05, 0) is 119 Å². The van der Waals surface area contributed by atoms with Crippen molar-refractivity contribution in [1.29, 1.82) is 0 Å². The Balaban J connectivity index is 0.862. The van der Waals surface area contributed by atoms with E-state index in [1.54, 1.807) is 36.5 Å². The number of nitrogens with one attached hydrogen (secondary N) is 6. The summed E-state index contributed by atoms with van der Waals surface area (Å²) in [6.45, 7) is 18.8. The maximum atomic E-state index is 14.2. The lowest BCUT2D eigenvalue weighted by molar-refractivity contribution is -0.496. The van der Waals surface area contributed by atoms with Crippen LogP contribution in [0.2, 0.25) is 0 Å². The van der Waals surface area contributed by atoms with E-state index in [0.717, 1.165) is 22.2 Å². The minimum atomic E-state index is -1.74. The molecule has 0 spiro atoms. The number of rotatable bonds is 43. The molecule has 28 nitrogen and oxygen atoms in total. The molecular weight excluding hydrogens is 1270 g/mol. The molecule has 28 heteroatoms. The Bertz CT molecular complexity index is 3520. The van der Waals surface area contributed by atoms with Gasteiger partial charge in [0.1, 0.15) is 47.9 Å². The number of nitrogens with zero attached hydrogens (tertiary/aromatic N) is 3. The van der Waals surface area contributed by atoms with Gasteiger partial charge >= 0.3 is 5.97 Å². The summed E-state index contributed by atoms with van der Waals surface area (Å²) in [6, 6.07) is 20.0. The van der Waals surface area contributed by atoms with Gasteiger partial charge in [0.05, 0.1) is 104 Å². The van der Waals surface area contributed by atoms with Crippen LogP contribution in [-0.4, -0.2) is 213 Å². The zero-order valence-electron chi connectivity index (χ0n) is 56.9. The summed E-state index contributed by atoms with van der Waals surface area (Å²) in [5, 5.41) is 75.6. The van der Waals surface area contributed by atoms with Crippen LogP contribution in [0.1, 0.15) is 117 Å². The summed E-state index contributed by atoms with van der Waals surface area (Å²) in [7, 11) is 0. The smallest absolute Gasteiger partial charge is 0.336 e. The first-order valence-corrected chi connectivity index (χ1v) is 33.5. The second-order valence-electron chi connectivity index (χ2n) is 24.5. The third-order valence-corrected chi connectivity index (χ3v) is 15.9. The fourth-order valence-corrected chi connectivity index (χ4v) is 10.5. The SMILES string of the molecule is CCNc1ccc2c(-c3cc(C(=O)NCc4cn(C(CCCCNC(=O)CCCCOCCOCCOCCOCCOCCOCCNC(=O)C(C)(C)C)C(=O)Nc5ccc(CCO[C@H]6O[C@@H](O)[C@H](O)[C@@H](O)[C@@H]6O)cc5)nn4)ccc3C(=O)O)c3cc(C)c(=[NH+]CC)cc-3oc2c1. The molecule has 3 aromatic carbocycles. The van der Waals surface area contributed by atoms with Crippen molar-refractivity contribution < 1.29 is 96.8 Å². The first-order valence-electron chi connectivity index (χ1n) is 33.5. The van der Waals surface area contributed by atoms with Crippen molar-refractivity contribution in [2.24, 2.45) is 5.41 Å². The number of carbonyl (C=O) groups excluding carboxylic acids is 4. The molecule has 2 aliphatic heterocycles. The van der Waals surface area contributed by atoms with Crippen molar-refractivity contribution in [3.05, 3.63) is 112 Å². The Morgan fingerprint density at radius 2 is 1.35 bits per heavy atom. The summed E-state index contributed by atoms with van der Waals surface area (Å²) >= 11 is 0. The highest BCUT2D eigenvalue weighted by Crippen LogP contribution is 2.42. The van der Waals surface area contributed by atoms with Crippen LogP contribution in [0.5, 0.6) is 0 Å². The van der Waals surface area contributed by atoms with E-state index in [2.05, 4.69) is 41.9 Å². The highest BCUT2D eigenvalue weighted by Gasteiger charge is 2.43. The molecule has 1 aromatic heterocycles. The highest BCUT2D eigenvalue weighted by molar-refractivity contribution is 6.09. The number of aryl methyl sites for hydroxylation is 1. The number of hydrogen-bond donors (Lipinski definition) is 11. The normalized spacial score (nSPS) is 16.9. The zero-order valence-corrected chi connectivity index (χ0v) is 56.9. The van der Waals surface area contributed by atoms with Gasteiger partial charge in [0.2, 0.25) is 23.1 Å². The van der Waals surface area contributed by atoms with Crippen molar-refractivity contribution in [2.45, 2.75) is 130 Å². The van der Waals surface area contributed by atoms with Gasteiger partial charge < -0.3 is 94.4 Å². The number of anilines is 2. The fourth-order valence-electron chi connectivity index (χ4n) is 10.5. The number of carbonyl (C=O) groups is 5. The lowest BCUT2D eigenvalue weighted by Crippen LogP contribution is -2.76. The number of fused-ring (bicyclic) bond motifs is 2. The monoisotopic (exact) mass is 1370 g/mol. The largest absolute Gasteiger partial charge is 0.478 e. The second kappa shape index (κ2) is 40.3. The summed E-state index contributed by atoms with van der Waals surface area (Å²) < 4.78 is 51.9. The fraction of sp³-hybridized carbons (Fsp3) is 0.543. The van der Waals surface area contributed by atoms with E-state index in [9.17, 15) is 49.5 Å². The molecule has 6 atom stereocenters. The van der Waals surface area contributed by atoms with Crippen molar-refractivity contribution in [1.82, 2.24) is 30.9 Å². The maximum absolute atomic E-state index is 14.2. The summed E-state index contributed by atoms with van der Waals surface area (Å²) in [6.07, 6.45) is -3.16. The summed E-state index contributed by atoms with van der Waals surface area (Å²) in [4.78, 5) is 69.3. The number of amides is 4. The number of hydrogen-bond acceptors (Lipinski definition) is 21. The van der Waals surface area contributed by atoms with Crippen LogP contribution in [0.4, 0.5) is 11.4 Å². The van der Waals surface area contributed by atoms with Gasteiger partial charge in [-0.1, -0.05) is 38.1 Å². The van der Waals surface area contributed by atoms with Crippen LogP contribution >= 0.6 is 0 Å². The molecule has 4 amide bonds. The Morgan fingerprint density at radius 3 is 2.00 bits per heavy atom. The van der Waals surface area contributed by atoms with Gasteiger partial charge in [-0.15, -0.1) is 5.10 Å². The molecule has 1 aliphatic carbocycles. The topological polar surface area (TPSA) is 378 Å². The number of carboxylic acid groups (broad SMARTS) is 1. The number of aromatic carboxylic acids is 1. The van der Waals surface area contributed by atoms with Crippen molar-refractivity contribution in [3.63, 3.8) is 0 Å². The quantitative estimate of drug-likeness (QED) is 0.0193. The lowest BCUT2D eigenvalue weighted by atomic mass is 9.88. The third-order valence-electron chi connectivity index (χ3n) is 15.9. The molecule has 1 saturated heterocycles. The van der Waals surface area contributed by atoms with Crippen LogP contribution in [0, 0.1) is 12.3 Å². The number of ether oxygens (including phenoxy) is 8. The van der Waals surface area contributed by atoms with E-state index in [0.29, 0.717) is 195 Å². The van der Waals surface area contributed by atoms with E-state index in [4.69, 9.17) is 42.3 Å². The standard InChI is InChI=1S/C70H97N9O19/c1-7-71-49-20-22-52-57(41-49)97-58-42-55(72-8-2)45(3)39-54(58)60(52)53-40-47(17-21-51(53)66(86)87)64(84)75-43-50-44-79(78-77-50)56(65(85)76-48-18-15-46(16-19-48)23-27-96-68-63(83)61(81)62(82)67(88)98-68)13-9-11-24-73-59(80)14-10-12-26-90-29-31-92-33-35-94-37-38-95-36-34-93-32-30-91-28-25-74-69(89)70(4,5)6/h15-22,39-42,44,56,61-63,67-68,71,81-83,88H,7-14,23-38,43H2,1-6H3,(H,73,80)(H,74,89)(H,75,84)(H,76,85)(H,86,87)/p+1/t56?,61-,62-,63+,67-,68+/m1/s1. The van der Waals surface area contributed by atoms with Gasteiger partial charge in [-0.3, -0.25) is 19.2 Å². The Kier molecular flexibility index (Phi) is 31.9. The van der Waals surface area contributed by atoms with Crippen LogP contribution in [0.25, 0.3) is 33.4 Å². The predicted octanol–water partition coefficient (Wildman–Crippen LogP) is 3.38. The van der Waals surface area contributed by atoms with E-state index >= 15 is 0 Å². The first-order chi connectivity index (χ1) is 47.3. The third kappa shape index (κ3) is 24.3. The molecule has 1 fully saturated rings. The number of carboxylic acids is 1. The van der Waals surface area contributed by atoms with Gasteiger partial charge in [0.15, 0.2) is 12.6 Å². The lowest BCUT2D eigenvalue weighted by Gasteiger charge is -2.37. The number of benzene rings is 4. The van der Waals surface area contributed by atoms with Gasteiger partial charge in [-0.2, -0.15) is 0 Å². The Morgan fingerprint density at radius 1 is 0.684 bits per heavy atom. The van der Waals surface area contributed by atoms with E-state index in [1.165, 1.54) is 16.8 Å². The highest BCUT2D eigenvalue weighted by atomic mass is 16.7. The van der Waals surface area contributed by atoms with Crippen LogP contribution < -0.4 is 36.9 Å². The second-order valence-corrected chi connectivity index (χ2v) is 24.5. The molecular formula is C70H98N9O19+. The number of aliphatic hydroxyl groups is 4. The van der Waals surface area contributed by atoms with Gasteiger partial charge in [0.25, 0.3) is 5.91 Å². The molecule has 536 valence electrons. The average molecular weight is 1370 g/mol. The molecule has 4 aromatic rings. The van der Waals surface area contributed by atoms with Crippen molar-refractivity contribution in [3.8, 4) is 22.5 Å². The number of unbranched alkanes of at least 4 members (excludes halogenated alkanes) is 2. The van der Waals surface area contributed by atoms with E-state index in [-0.39, 0.29) is 36.1 Å². The average Bonchev–Trinajstić information content (AvgIpc) is 0.789. The minimum Gasteiger partial charge on any atom is -0.478 e. The number of aliphatic hydroxyl groups excluding tert-OH is 4. The number of aromatic nitrogens is 3. The summed E-state index contributed by atoms with van der Waals surface area (Å²) in [5.74, 6) is -1.70. The Hall–Kier alpha value is -7.84. The molecule has 0 radical (unpaired) electrons. The maximum Gasteiger partial charge on any atom is 0.336 e. The van der Waals surface area contributed by atoms with Crippen molar-refractivity contribution in [2.75, 3.05) is 123 Å².